The molecule has 1 aliphatic heterocycles. The highest BCUT2D eigenvalue weighted by molar-refractivity contribution is 8.13. The van der Waals surface area contributed by atoms with Gasteiger partial charge in [-0.2, -0.15) is 0 Å². The predicted molar refractivity (Wildman–Crippen MR) is 110 cm³/mol. The minimum Gasteiger partial charge on any atom is -0.458 e. The summed E-state index contributed by atoms with van der Waals surface area (Å²) < 4.78 is 5.05. The van der Waals surface area contributed by atoms with E-state index < -0.39 is 0 Å². The maximum Gasteiger partial charge on any atom is 0.367 e. The zero-order valence-electron chi connectivity index (χ0n) is 15.8. The number of imide groups is 1. The summed E-state index contributed by atoms with van der Waals surface area (Å²) >= 11 is 1.07. The van der Waals surface area contributed by atoms with Crippen LogP contribution < -0.4 is 0 Å². The Hall–Kier alpha value is -2.60. The van der Waals surface area contributed by atoms with Crippen molar-refractivity contribution in [2.45, 2.75) is 31.4 Å². The lowest BCUT2D eigenvalue weighted by atomic mass is 10.1. The third-order valence-corrected chi connectivity index (χ3v) is 5.65. The first-order valence-corrected chi connectivity index (χ1v) is 10.3. The summed E-state index contributed by atoms with van der Waals surface area (Å²) in [4.78, 5) is 38.5. The lowest BCUT2D eigenvalue weighted by Crippen LogP contribution is -2.36. The van der Waals surface area contributed by atoms with Crippen molar-refractivity contribution in [1.82, 2.24) is 4.90 Å². The molecule has 0 radical (unpaired) electrons. The van der Waals surface area contributed by atoms with Gasteiger partial charge in [-0.05, 0) is 55.6 Å². The Bertz CT molecular complexity index is 818. The molecule has 0 saturated carbocycles. The second kappa shape index (κ2) is 9.55. The van der Waals surface area contributed by atoms with Crippen molar-refractivity contribution >= 4 is 28.9 Å². The highest BCUT2D eigenvalue weighted by atomic mass is 32.2. The van der Waals surface area contributed by atoms with Gasteiger partial charge in [0.15, 0.2) is 0 Å². The monoisotopic (exact) mass is 397 g/mol. The SMILES string of the molecule is CCOC(=O)SC(CCCc1ccccc1)CN1C(=O)c2ccccc2C1=O. The van der Waals surface area contributed by atoms with Gasteiger partial charge in [-0.15, -0.1) is 0 Å². The summed E-state index contributed by atoms with van der Waals surface area (Å²) in [6.45, 7) is 2.26. The van der Waals surface area contributed by atoms with Gasteiger partial charge in [-0.3, -0.25) is 14.5 Å². The molecule has 0 aromatic heterocycles. The summed E-state index contributed by atoms with van der Waals surface area (Å²) in [6.07, 6.45) is 2.43. The zero-order valence-corrected chi connectivity index (χ0v) is 16.6. The number of hydrogen-bond acceptors (Lipinski definition) is 5. The van der Waals surface area contributed by atoms with Crippen LogP contribution in [0.25, 0.3) is 0 Å². The number of rotatable bonds is 8. The van der Waals surface area contributed by atoms with Gasteiger partial charge < -0.3 is 4.74 Å². The number of aryl methyl sites for hydroxylation is 1. The van der Waals surface area contributed by atoms with Crippen LogP contribution in [0.4, 0.5) is 4.79 Å². The molecule has 1 heterocycles. The number of hydrogen-bond donors (Lipinski definition) is 0. The molecule has 0 spiro atoms. The molecule has 3 rings (SSSR count). The fourth-order valence-corrected chi connectivity index (χ4v) is 4.23. The van der Waals surface area contributed by atoms with Gasteiger partial charge >= 0.3 is 5.30 Å². The van der Waals surface area contributed by atoms with E-state index in [1.54, 1.807) is 31.2 Å². The van der Waals surface area contributed by atoms with Crippen LogP contribution in [0.2, 0.25) is 0 Å². The lowest BCUT2D eigenvalue weighted by Gasteiger charge is -2.21. The van der Waals surface area contributed by atoms with E-state index in [0.29, 0.717) is 24.2 Å². The Morgan fingerprint density at radius 1 is 1.00 bits per heavy atom. The second-order valence-corrected chi connectivity index (χ2v) is 7.80. The molecular formula is C22H23NO4S. The van der Waals surface area contributed by atoms with Gasteiger partial charge in [-0.1, -0.05) is 42.5 Å². The highest BCUT2D eigenvalue weighted by Crippen LogP contribution is 2.27. The standard InChI is InChI=1S/C22H23NO4S/c1-2-27-22(26)28-17(12-8-11-16-9-4-3-5-10-16)15-23-20(24)18-13-6-7-14-19(18)21(23)25/h3-7,9-10,13-14,17H,2,8,11-12,15H2,1H3. The van der Waals surface area contributed by atoms with Crippen LogP contribution in [0.5, 0.6) is 0 Å². The summed E-state index contributed by atoms with van der Waals surface area (Å²) in [6, 6.07) is 16.9. The molecule has 2 aromatic carbocycles. The second-order valence-electron chi connectivity index (χ2n) is 6.57. The fourth-order valence-electron chi connectivity index (χ4n) is 3.26. The number of benzene rings is 2. The number of thioether (sulfide) groups is 1. The fraction of sp³-hybridized carbons (Fsp3) is 0.318. The number of nitrogens with zero attached hydrogens (tertiary/aromatic N) is 1. The minimum atomic E-state index is -0.371. The van der Waals surface area contributed by atoms with Crippen molar-refractivity contribution in [1.29, 1.82) is 0 Å². The van der Waals surface area contributed by atoms with E-state index in [1.807, 2.05) is 18.2 Å². The van der Waals surface area contributed by atoms with Crippen LogP contribution in [0.15, 0.2) is 54.6 Å². The quantitative estimate of drug-likeness (QED) is 0.482. The van der Waals surface area contributed by atoms with Gasteiger partial charge in [0.2, 0.25) is 0 Å². The van der Waals surface area contributed by atoms with E-state index in [0.717, 1.165) is 24.6 Å². The van der Waals surface area contributed by atoms with E-state index >= 15 is 0 Å². The van der Waals surface area contributed by atoms with Crippen molar-refractivity contribution in [2.24, 2.45) is 0 Å². The molecule has 6 heteroatoms. The highest BCUT2D eigenvalue weighted by Gasteiger charge is 2.36. The summed E-state index contributed by atoms with van der Waals surface area (Å²) in [5, 5.41) is -0.575. The van der Waals surface area contributed by atoms with Crippen LogP contribution in [0.1, 0.15) is 46.0 Å². The first kappa shape index (κ1) is 20.1. The van der Waals surface area contributed by atoms with Crippen molar-refractivity contribution in [3.8, 4) is 0 Å². The molecule has 146 valence electrons. The first-order chi connectivity index (χ1) is 13.6. The number of carbonyl (C=O) groups excluding carboxylic acids is 3. The van der Waals surface area contributed by atoms with E-state index in [1.165, 1.54) is 10.5 Å². The molecular weight excluding hydrogens is 374 g/mol. The van der Waals surface area contributed by atoms with Crippen LogP contribution in [-0.4, -0.2) is 40.4 Å². The maximum absolute atomic E-state index is 12.6. The van der Waals surface area contributed by atoms with E-state index in [9.17, 15) is 14.4 Å². The maximum atomic E-state index is 12.6. The molecule has 0 aliphatic carbocycles. The third kappa shape index (κ3) is 4.81. The van der Waals surface area contributed by atoms with Crippen LogP contribution >= 0.6 is 11.8 Å². The molecule has 0 fully saturated rings. The van der Waals surface area contributed by atoms with Gasteiger partial charge in [0.05, 0.1) is 17.7 Å². The van der Waals surface area contributed by atoms with Crippen LogP contribution in [0.3, 0.4) is 0 Å². The Morgan fingerprint density at radius 2 is 1.61 bits per heavy atom. The normalized spacial score (nSPS) is 14.1. The molecule has 0 bridgehead atoms. The van der Waals surface area contributed by atoms with Gasteiger partial charge in [0.25, 0.3) is 11.8 Å². The van der Waals surface area contributed by atoms with Gasteiger partial charge in [-0.25, -0.2) is 4.79 Å². The van der Waals surface area contributed by atoms with E-state index in [2.05, 4.69) is 12.1 Å². The molecule has 0 N–H and O–H groups in total. The van der Waals surface area contributed by atoms with Gasteiger partial charge in [0, 0.05) is 11.8 Å². The molecule has 2 aromatic rings. The molecule has 0 saturated heterocycles. The lowest BCUT2D eigenvalue weighted by molar-refractivity contribution is 0.0653. The Balaban J connectivity index is 1.66. The Morgan fingerprint density at radius 3 is 2.21 bits per heavy atom. The molecule has 28 heavy (non-hydrogen) atoms. The van der Waals surface area contributed by atoms with Crippen LogP contribution in [-0.2, 0) is 11.2 Å². The number of ether oxygens (including phenoxy) is 1. The molecule has 1 aliphatic rings. The Labute approximate surface area is 169 Å². The van der Waals surface area contributed by atoms with Crippen LogP contribution in [0, 0.1) is 0 Å². The average Bonchev–Trinajstić information content (AvgIpc) is 2.94. The van der Waals surface area contributed by atoms with E-state index in [-0.39, 0.29) is 28.9 Å². The molecule has 5 nitrogen and oxygen atoms in total. The van der Waals surface area contributed by atoms with Crippen molar-refractivity contribution in [3.05, 3.63) is 71.3 Å². The van der Waals surface area contributed by atoms with Crippen molar-refractivity contribution < 1.29 is 19.1 Å². The largest absolute Gasteiger partial charge is 0.458 e. The first-order valence-electron chi connectivity index (χ1n) is 9.42. The van der Waals surface area contributed by atoms with Crippen molar-refractivity contribution in [3.63, 3.8) is 0 Å². The number of amides is 2. The summed E-state index contributed by atoms with van der Waals surface area (Å²) in [5.41, 5.74) is 2.08. The molecule has 2 amide bonds. The van der Waals surface area contributed by atoms with Gasteiger partial charge in [0.1, 0.15) is 0 Å². The smallest absolute Gasteiger partial charge is 0.367 e. The topological polar surface area (TPSA) is 63.7 Å². The molecule has 1 unspecified atom stereocenters. The number of carbonyl (C=O) groups is 3. The van der Waals surface area contributed by atoms with E-state index in [4.69, 9.17) is 4.74 Å². The summed E-state index contributed by atoms with van der Waals surface area (Å²) in [5.74, 6) is -0.587. The molecule has 1 atom stereocenters. The summed E-state index contributed by atoms with van der Waals surface area (Å²) in [7, 11) is 0. The third-order valence-electron chi connectivity index (χ3n) is 4.62. The zero-order chi connectivity index (χ0) is 19.9. The minimum absolute atomic E-state index is 0.199. The average molecular weight is 397 g/mol. The predicted octanol–water partition coefficient (Wildman–Crippen LogP) is 4.56. The van der Waals surface area contributed by atoms with Crippen molar-refractivity contribution in [2.75, 3.05) is 13.2 Å². The Kier molecular flexibility index (Phi) is 6.87. The number of fused-ring (bicyclic) bond motifs is 1.